The molecule has 112 valence electrons. The Morgan fingerprint density at radius 1 is 1.18 bits per heavy atom. The number of nitrogens with two attached hydrogens (primary N) is 1. The zero-order chi connectivity index (χ0) is 15.4. The molecule has 5 heteroatoms. The second kappa shape index (κ2) is 6.58. The number of hydrogen-bond donors (Lipinski definition) is 1. The number of benzene rings is 1. The fourth-order valence-corrected chi connectivity index (χ4v) is 3.16. The molecule has 0 amide bonds. The lowest BCUT2D eigenvalue weighted by Crippen LogP contribution is -1.93. The summed E-state index contributed by atoms with van der Waals surface area (Å²) in [5.41, 5.74) is 9.02. The maximum absolute atomic E-state index is 5.90. The Kier molecular flexibility index (Phi) is 4.34. The topological polar surface area (TPSA) is 61.0 Å². The van der Waals surface area contributed by atoms with Crippen LogP contribution in [0, 0.1) is 0 Å². The van der Waals surface area contributed by atoms with Gasteiger partial charge in [0.15, 0.2) is 5.13 Å². The van der Waals surface area contributed by atoms with Crippen molar-refractivity contribution in [2.75, 3.05) is 12.3 Å². The molecular weight excluding hydrogens is 294 g/mol. The zero-order valence-electron chi connectivity index (χ0n) is 12.3. The van der Waals surface area contributed by atoms with Gasteiger partial charge in [-0.3, -0.25) is 4.98 Å². The molecule has 2 aromatic heterocycles. The molecule has 22 heavy (non-hydrogen) atoms. The highest BCUT2D eigenvalue weighted by atomic mass is 32.1. The van der Waals surface area contributed by atoms with Crippen LogP contribution >= 0.6 is 11.3 Å². The summed E-state index contributed by atoms with van der Waals surface area (Å²) < 4.78 is 5.47. The molecule has 1 aromatic carbocycles. The molecule has 2 N–H and O–H groups in total. The molecule has 0 radical (unpaired) electrons. The number of nitrogens with zero attached hydrogens (tertiary/aromatic N) is 2. The summed E-state index contributed by atoms with van der Waals surface area (Å²) in [6.07, 6.45) is 4.37. The second-order valence-corrected chi connectivity index (χ2v) is 5.93. The van der Waals surface area contributed by atoms with Crippen molar-refractivity contribution in [3.8, 4) is 17.0 Å². The molecule has 0 aliphatic rings. The van der Waals surface area contributed by atoms with Gasteiger partial charge in [0.25, 0.3) is 0 Å². The molecule has 0 saturated carbocycles. The van der Waals surface area contributed by atoms with Crippen LogP contribution in [0.4, 0.5) is 5.13 Å². The molecule has 0 fully saturated rings. The molecule has 2 heterocycles. The van der Waals surface area contributed by atoms with Crippen LogP contribution < -0.4 is 10.5 Å². The molecule has 0 bridgehead atoms. The van der Waals surface area contributed by atoms with Crippen molar-refractivity contribution in [3.05, 3.63) is 59.2 Å². The summed E-state index contributed by atoms with van der Waals surface area (Å²) in [5.74, 6) is 0.891. The quantitative estimate of drug-likeness (QED) is 0.779. The van der Waals surface area contributed by atoms with Gasteiger partial charge in [0.05, 0.1) is 12.3 Å². The van der Waals surface area contributed by atoms with Crippen molar-refractivity contribution in [2.45, 2.75) is 13.3 Å². The molecular formula is C17H17N3OS. The standard InChI is InChI=1S/C17H17N3OS/c1-2-21-14-7-5-12(6-8-14)10-15-16(20-17(18)22-15)13-4-3-9-19-11-13/h3-9,11H,2,10H2,1H3,(H2,18,20). The Morgan fingerprint density at radius 2 is 2.00 bits per heavy atom. The summed E-state index contributed by atoms with van der Waals surface area (Å²) in [7, 11) is 0. The number of nitrogen functional groups attached to an aromatic ring is 1. The van der Waals surface area contributed by atoms with E-state index in [0.717, 1.165) is 28.3 Å². The normalized spacial score (nSPS) is 10.6. The first-order chi connectivity index (χ1) is 10.8. The molecule has 3 aromatic rings. The summed E-state index contributed by atoms with van der Waals surface area (Å²) >= 11 is 1.53. The van der Waals surface area contributed by atoms with Gasteiger partial charge in [-0.2, -0.15) is 0 Å². The Labute approximate surface area is 133 Å². The third-order valence-electron chi connectivity index (χ3n) is 3.25. The smallest absolute Gasteiger partial charge is 0.180 e. The van der Waals surface area contributed by atoms with Crippen molar-refractivity contribution >= 4 is 16.5 Å². The fourth-order valence-electron chi connectivity index (χ4n) is 2.27. The first kappa shape index (κ1) is 14.5. The number of thiazole rings is 1. The van der Waals surface area contributed by atoms with E-state index < -0.39 is 0 Å². The Bertz CT molecular complexity index is 738. The Balaban J connectivity index is 1.86. The van der Waals surface area contributed by atoms with E-state index in [9.17, 15) is 0 Å². The third kappa shape index (κ3) is 3.26. The van der Waals surface area contributed by atoms with E-state index >= 15 is 0 Å². The first-order valence-electron chi connectivity index (χ1n) is 7.13. The van der Waals surface area contributed by atoms with Crippen LogP contribution in [0.5, 0.6) is 5.75 Å². The lowest BCUT2D eigenvalue weighted by molar-refractivity contribution is 0.340. The highest BCUT2D eigenvalue weighted by Gasteiger charge is 2.12. The van der Waals surface area contributed by atoms with Crippen molar-refractivity contribution in [3.63, 3.8) is 0 Å². The van der Waals surface area contributed by atoms with Gasteiger partial charge >= 0.3 is 0 Å². The van der Waals surface area contributed by atoms with Gasteiger partial charge in [-0.1, -0.05) is 12.1 Å². The van der Waals surface area contributed by atoms with E-state index in [4.69, 9.17) is 10.5 Å². The summed E-state index contributed by atoms with van der Waals surface area (Å²) in [6.45, 7) is 2.66. The van der Waals surface area contributed by atoms with Crippen LogP contribution in [0.15, 0.2) is 48.8 Å². The molecule has 0 saturated heterocycles. The fraction of sp³-hybridized carbons (Fsp3) is 0.176. The molecule has 0 spiro atoms. The van der Waals surface area contributed by atoms with Crippen LogP contribution in [0.3, 0.4) is 0 Å². The van der Waals surface area contributed by atoms with Crippen molar-refractivity contribution in [1.82, 2.24) is 9.97 Å². The van der Waals surface area contributed by atoms with Crippen LogP contribution in [-0.4, -0.2) is 16.6 Å². The molecule has 0 aliphatic heterocycles. The summed E-state index contributed by atoms with van der Waals surface area (Å²) in [4.78, 5) is 9.76. The average Bonchev–Trinajstić information content (AvgIpc) is 2.91. The van der Waals surface area contributed by atoms with Gasteiger partial charge in [-0.05, 0) is 36.8 Å². The maximum atomic E-state index is 5.90. The molecule has 0 aliphatic carbocycles. The van der Waals surface area contributed by atoms with Gasteiger partial charge in [0.1, 0.15) is 5.75 Å². The third-order valence-corrected chi connectivity index (χ3v) is 4.13. The van der Waals surface area contributed by atoms with Crippen molar-refractivity contribution in [2.24, 2.45) is 0 Å². The maximum Gasteiger partial charge on any atom is 0.180 e. The van der Waals surface area contributed by atoms with Gasteiger partial charge in [0.2, 0.25) is 0 Å². The SMILES string of the molecule is CCOc1ccc(Cc2sc(N)nc2-c2cccnc2)cc1. The molecule has 0 atom stereocenters. The monoisotopic (exact) mass is 311 g/mol. The predicted octanol–water partition coefficient (Wildman–Crippen LogP) is 3.78. The van der Waals surface area contributed by atoms with Gasteiger partial charge in [-0.15, -0.1) is 11.3 Å². The van der Waals surface area contributed by atoms with Crippen LogP contribution in [0.1, 0.15) is 17.4 Å². The lowest BCUT2D eigenvalue weighted by Gasteiger charge is -2.05. The second-order valence-electron chi connectivity index (χ2n) is 4.82. The minimum Gasteiger partial charge on any atom is -0.494 e. The largest absolute Gasteiger partial charge is 0.494 e. The zero-order valence-corrected chi connectivity index (χ0v) is 13.1. The molecule has 0 unspecified atom stereocenters. The van der Waals surface area contributed by atoms with Crippen molar-refractivity contribution < 1.29 is 4.74 Å². The molecule has 3 rings (SSSR count). The summed E-state index contributed by atoms with van der Waals surface area (Å²) in [6, 6.07) is 12.1. The van der Waals surface area contributed by atoms with E-state index in [-0.39, 0.29) is 0 Å². The van der Waals surface area contributed by atoms with Crippen LogP contribution in [0.2, 0.25) is 0 Å². The summed E-state index contributed by atoms with van der Waals surface area (Å²) in [5, 5.41) is 0.583. The highest BCUT2D eigenvalue weighted by Crippen LogP contribution is 2.31. The number of aromatic nitrogens is 2. The van der Waals surface area contributed by atoms with E-state index in [0.29, 0.717) is 11.7 Å². The number of hydrogen-bond acceptors (Lipinski definition) is 5. The van der Waals surface area contributed by atoms with E-state index in [1.807, 2.05) is 37.4 Å². The Hall–Kier alpha value is -2.40. The number of ether oxygens (including phenoxy) is 1. The van der Waals surface area contributed by atoms with Crippen molar-refractivity contribution in [1.29, 1.82) is 0 Å². The number of anilines is 1. The number of rotatable bonds is 5. The minimum atomic E-state index is 0.583. The first-order valence-corrected chi connectivity index (χ1v) is 7.95. The van der Waals surface area contributed by atoms with E-state index in [1.54, 1.807) is 6.20 Å². The number of pyridine rings is 1. The minimum absolute atomic E-state index is 0.583. The van der Waals surface area contributed by atoms with Crippen LogP contribution in [-0.2, 0) is 6.42 Å². The van der Waals surface area contributed by atoms with Gasteiger partial charge < -0.3 is 10.5 Å². The predicted molar refractivity (Wildman–Crippen MR) is 90.2 cm³/mol. The highest BCUT2D eigenvalue weighted by molar-refractivity contribution is 7.15. The van der Waals surface area contributed by atoms with Gasteiger partial charge in [-0.25, -0.2) is 4.98 Å². The van der Waals surface area contributed by atoms with E-state index in [2.05, 4.69) is 22.1 Å². The van der Waals surface area contributed by atoms with Gasteiger partial charge in [0, 0.05) is 29.3 Å². The van der Waals surface area contributed by atoms with Crippen LogP contribution in [0.25, 0.3) is 11.3 Å². The van der Waals surface area contributed by atoms with E-state index in [1.165, 1.54) is 16.9 Å². The average molecular weight is 311 g/mol. The lowest BCUT2D eigenvalue weighted by atomic mass is 10.1. The Morgan fingerprint density at radius 3 is 2.68 bits per heavy atom. The molecule has 4 nitrogen and oxygen atoms in total.